The van der Waals surface area contributed by atoms with Crippen LogP contribution in [0.25, 0.3) is 0 Å². The van der Waals surface area contributed by atoms with Gasteiger partial charge in [0, 0.05) is 7.11 Å². The summed E-state index contributed by atoms with van der Waals surface area (Å²) in [6.45, 7) is 0. The van der Waals surface area contributed by atoms with E-state index < -0.39 is 5.97 Å². The first kappa shape index (κ1) is 14.0. The molecule has 4 heteroatoms. The molecule has 0 radical (unpaired) electrons. The molecule has 0 aliphatic rings. The third-order valence-corrected chi connectivity index (χ3v) is 2.72. The molecule has 4 nitrogen and oxygen atoms in total. The average Bonchev–Trinajstić information content (AvgIpc) is 2.53. The molecule has 0 saturated heterocycles. The minimum atomic E-state index is -0.496. The van der Waals surface area contributed by atoms with Crippen LogP contribution < -0.4 is 0 Å². The van der Waals surface area contributed by atoms with Crippen LogP contribution in [0, 0.1) is 0 Å². The fourth-order valence-electron chi connectivity index (χ4n) is 1.69. The number of oxime groups is 1. The van der Waals surface area contributed by atoms with E-state index in [0.29, 0.717) is 5.56 Å². The molecule has 2 aromatic carbocycles. The van der Waals surface area contributed by atoms with Gasteiger partial charge in [-0.25, -0.2) is 4.79 Å². The lowest BCUT2D eigenvalue weighted by Crippen LogP contribution is -2.05. The van der Waals surface area contributed by atoms with Crippen molar-refractivity contribution in [1.29, 1.82) is 0 Å². The van der Waals surface area contributed by atoms with Gasteiger partial charge >= 0.3 is 5.97 Å². The van der Waals surface area contributed by atoms with E-state index in [0.717, 1.165) is 5.56 Å². The number of carbonyl (C=O) groups is 1. The van der Waals surface area contributed by atoms with E-state index in [1.807, 2.05) is 36.4 Å². The maximum atomic E-state index is 11.7. The Balaban J connectivity index is 1.97. The molecule has 0 N–H and O–H groups in total. The van der Waals surface area contributed by atoms with Crippen molar-refractivity contribution < 1.29 is 14.4 Å². The lowest BCUT2D eigenvalue weighted by atomic mass is 10.1. The van der Waals surface area contributed by atoms with Crippen LogP contribution in [0.3, 0.4) is 0 Å². The number of ether oxygens (including phenoxy) is 1. The first-order valence-electron chi connectivity index (χ1n) is 6.19. The van der Waals surface area contributed by atoms with Crippen LogP contribution in [0.1, 0.15) is 22.0 Å². The van der Waals surface area contributed by atoms with Crippen LogP contribution in [-0.2, 0) is 9.57 Å². The van der Waals surface area contributed by atoms with Crippen molar-refractivity contribution in [2.75, 3.05) is 7.11 Å². The molecule has 0 aromatic heterocycles. The largest absolute Gasteiger partial charge is 0.371 e. The van der Waals surface area contributed by atoms with Gasteiger partial charge in [0.15, 0.2) is 0 Å². The number of hydrogen-bond donors (Lipinski definition) is 0. The molecule has 0 bridgehead atoms. The summed E-state index contributed by atoms with van der Waals surface area (Å²) >= 11 is 0. The molecule has 102 valence electrons. The summed E-state index contributed by atoms with van der Waals surface area (Å²) in [5.41, 5.74) is 1.40. The minimum Gasteiger partial charge on any atom is -0.371 e. The Morgan fingerprint density at radius 2 is 1.65 bits per heavy atom. The summed E-state index contributed by atoms with van der Waals surface area (Å²) in [5.74, 6) is -0.496. The topological polar surface area (TPSA) is 47.9 Å². The zero-order valence-corrected chi connectivity index (χ0v) is 11.1. The first-order valence-corrected chi connectivity index (χ1v) is 6.19. The molecule has 0 aliphatic carbocycles. The van der Waals surface area contributed by atoms with Gasteiger partial charge in [0.1, 0.15) is 6.10 Å². The Labute approximate surface area is 117 Å². The Hall–Kier alpha value is -2.46. The second kappa shape index (κ2) is 7.21. The van der Waals surface area contributed by atoms with Crippen LogP contribution >= 0.6 is 0 Å². The molecule has 1 unspecified atom stereocenters. The predicted octanol–water partition coefficient (Wildman–Crippen LogP) is 3.22. The Kier molecular flexibility index (Phi) is 5.03. The average molecular weight is 269 g/mol. The van der Waals surface area contributed by atoms with Gasteiger partial charge in [0.2, 0.25) is 0 Å². The fourth-order valence-corrected chi connectivity index (χ4v) is 1.69. The van der Waals surface area contributed by atoms with Crippen molar-refractivity contribution in [2.24, 2.45) is 5.16 Å². The van der Waals surface area contributed by atoms with E-state index >= 15 is 0 Å². The molecular weight excluding hydrogens is 254 g/mol. The number of hydrogen-bond acceptors (Lipinski definition) is 4. The van der Waals surface area contributed by atoms with Crippen molar-refractivity contribution in [3.63, 3.8) is 0 Å². The highest BCUT2D eigenvalue weighted by Crippen LogP contribution is 2.13. The molecule has 0 aliphatic heterocycles. The third kappa shape index (κ3) is 3.76. The standard InChI is InChI=1S/C16H15NO3/c1-19-15(13-8-4-2-5-9-13)12-17-20-16(18)14-10-6-3-7-11-14/h2-12,15H,1H3/b17-12+. The highest BCUT2D eigenvalue weighted by atomic mass is 16.7. The van der Waals surface area contributed by atoms with Gasteiger partial charge in [-0.3, -0.25) is 0 Å². The SMILES string of the molecule is COC(/C=N/OC(=O)c1ccccc1)c1ccccc1. The summed E-state index contributed by atoms with van der Waals surface area (Å²) in [4.78, 5) is 16.5. The van der Waals surface area contributed by atoms with Crippen molar-refractivity contribution in [2.45, 2.75) is 6.10 Å². The monoisotopic (exact) mass is 269 g/mol. The lowest BCUT2D eigenvalue weighted by Gasteiger charge is -2.09. The minimum absolute atomic E-state index is 0.347. The quantitative estimate of drug-likeness (QED) is 0.475. The number of nitrogens with zero attached hydrogens (tertiary/aromatic N) is 1. The Bertz CT molecular complexity index is 567. The lowest BCUT2D eigenvalue weighted by molar-refractivity contribution is 0.0511. The van der Waals surface area contributed by atoms with Gasteiger partial charge in [0.05, 0.1) is 11.8 Å². The van der Waals surface area contributed by atoms with Gasteiger partial charge in [0.25, 0.3) is 0 Å². The molecule has 2 rings (SSSR count). The zero-order chi connectivity index (χ0) is 14.2. The molecule has 0 amide bonds. The second-order valence-corrected chi connectivity index (χ2v) is 4.07. The molecular formula is C16H15NO3. The molecule has 0 heterocycles. The zero-order valence-electron chi connectivity index (χ0n) is 11.1. The smallest absolute Gasteiger partial charge is 0.365 e. The van der Waals surface area contributed by atoms with E-state index in [-0.39, 0.29) is 6.10 Å². The van der Waals surface area contributed by atoms with E-state index in [4.69, 9.17) is 9.57 Å². The van der Waals surface area contributed by atoms with E-state index in [1.165, 1.54) is 6.21 Å². The van der Waals surface area contributed by atoms with Gasteiger partial charge in [-0.15, -0.1) is 0 Å². The van der Waals surface area contributed by atoms with E-state index in [9.17, 15) is 4.79 Å². The summed E-state index contributed by atoms with van der Waals surface area (Å²) < 4.78 is 5.28. The van der Waals surface area contributed by atoms with Crippen molar-refractivity contribution in [1.82, 2.24) is 0 Å². The van der Waals surface area contributed by atoms with Crippen LogP contribution in [0.5, 0.6) is 0 Å². The maximum Gasteiger partial charge on any atom is 0.365 e. The van der Waals surface area contributed by atoms with E-state index in [1.54, 1.807) is 31.4 Å². The number of benzene rings is 2. The van der Waals surface area contributed by atoms with Crippen molar-refractivity contribution in [3.05, 3.63) is 71.8 Å². The summed E-state index contributed by atoms with van der Waals surface area (Å²) in [5, 5.41) is 3.70. The number of carbonyl (C=O) groups excluding carboxylic acids is 1. The van der Waals surface area contributed by atoms with Gasteiger partial charge in [-0.1, -0.05) is 53.7 Å². The van der Waals surface area contributed by atoms with E-state index in [2.05, 4.69) is 5.16 Å². The number of methoxy groups -OCH3 is 1. The second-order valence-electron chi connectivity index (χ2n) is 4.07. The summed E-state index contributed by atoms with van der Waals surface area (Å²) in [6.07, 6.45) is 1.11. The van der Waals surface area contributed by atoms with Crippen LogP contribution in [0.15, 0.2) is 65.8 Å². The molecule has 0 spiro atoms. The maximum absolute atomic E-state index is 11.7. The Morgan fingerprint density at radius 1 is 1.05 bits per heavy atom. The molecule has 0 saturated carbocycles. The molecule has 1 atom stereocenters. The van der Waals surface area contributed by atoms with Crippen molar-refractivity contribution >= 4 is 12.2 Å². The highest BCUT2D eigenvalue weighted by molar-refractivity contribution is 5.89. The number of rotatable bonds is 5. The van der Waals surface area contributed by atoms with Crippen LogP contribution in [0.4, 0.5) is 0 Å². The Morgan fingerprint density at radius 3 is 2.25 bits per heavy atom. The highest BCUT2D eigenvalue weighted by Gasteiger charge is 2.08. The first-order chi connectivity index (χ1) is 9.81. The fraction of sp³-hybridized carbons (Fsp3) is 0.125. The molecule has 2 aromatic rings. The summed E-state index contributed by atoms with van der Waals surface area (Å²) in [7, 11) is 1.57. The van der Waals surface area contributed by atoms with Crippen LogP contribution in [0.2, 0.25) is 0 Å². The molecule has 20 heavy (non-hydrogen) atoms. The normalized spacial score (nSPS) is 12.2. The predicted molar refractivity (Wildman–Crippen MR) is 76.5 cm³/mol. The van der Waals surface area contributed by atoms with Crippen LogP contribution in [-0.4, -0.2) is 19.3 Å². The van der Waals surface area contributed by atoms with Gasteiger partial charge in [-0.2, -0.15) is 0 Å². The third-order valence-electron chi connectivity index (χ3n) is 2.72. The molecule has 0 fully saturated rings. The van der Waals surface area contributed by atoms with Gasteiger partial charge < -0.3 is 9.57 Å². The summed E-state index contributed by atoms with van der Waals surface area (Å²) in [6, 6.07) is 18.3. The van der Waals surface area contributed by atoms with Gasteiger partial charge in [-0.05, 0) is 17.7 Å². The van der Waals surface area contributed by atoms with Crippen molar-refractivity contribution in [3.8, 4) is 0 Å².